The molecule has 3 nitrogen and oxygen atoms in total. The molecule has 0 saturated carbocycles. The fourth-order valence-corrected chi connectivity index (χ4v) is 4.19. The van der Waals surface area contributed by atoms with Crippen LogP contribution in [0.2, 0.25) is 5.02 Å². The van der Waals surface area contributed by atoms with Crippen molar-refractivity contribution in [2.45, 2.75) is 25.8 Å². The van der Waals surface area contributed by atoms with Crippen molar-refractivity contribution in [1.82, 2.24) is 10.3 Å². The maximum absolute atomic E-state index is 12.3. The van der Waals surface area contributed by atoms with Gasteiger partial charge in [0.1, 0.15) is 5.01 Å². The summed E-state index contributed by atoms with van der Waals surface area (Å²) in [6, 6.07) is 11.6. The van der Waals surface area contributed by atoms with Crippen molar-refractivity contribution >= 4 is 40.2 Å². The van der Waals surface area contributed by atoms with E-state index in [0.29, 0.717) is 11.4 Å². The van der Waals surface area contributed by atoms with Gasteiger partial charge in [-0.3, -0.25) is 4.79 Å². The second kappa shape index (κ2) is 7.92. The summed E-state index contributed by atoms with van der Waals surface area (Å²) in [5.41, 5.74) is 1.87. The molecule has 3 rings (SSSR count). The number of carbonyl (C=O) groups is 1. The third kappa shape index (κ3) is 4.23. The molecule has 0 radical (unpaired) electrons. The predicted octanol–water partition coefficient (Wildman–Crippen LogP) is 5.34. The average molecular weight is 377 g/mol. The first-order valence-electron chi connectivity index (χ1n) is 7.69. The molecule has 0 spiro atoms. The van der Waals surface area contributed by atoms with E-state index in [2.05, 4.69) is 17.2 Å². The molecule has 2 heterocycles. The smallest absolute Gasteiger partial charge is 0.226 e. The lowest BCUT2D eigenvalue weighted by molar-refractivity contribution is -0.121. The van der Waals surface area contributed by atoms with Crippen LogP contribution in [0.15, 0.2) is 47.2 Å². The van der Waals surface area contributed by atoms with Crippen LogP contribution in [-0.4, -0.2) is 10.9 Å². The van der Waals surface area contributed by atoms with E-state index in [1.807, 2.05) is 47.2 Å². The molecular weight excluding hydrogens is 360 g/mol. The lowest BCUT2D eigenvalue weighted by atomic mass is 10.0. The summed E-state index contributed by atoms with van der Waals surface area (Å²) in [6.45, 7) is 2.05. The molecule has 3 aromatic rings. The van der Waals surface area contributed by atoms with E-state index >= 15 is 0 Å². The quantitative estimate of drug-likeness (QED) is 0.631. The average Bonchev–Trinajstić information content (AvgIpc) is 3.24. The Morgan fingerprint density at radius 3 is 2.71 bits per heavy atom. The lowest BCUT2D eigenvalue weighted by Crippen LogP contribution is -2.29. The van der Waals surface area contributed by atoms with Gasteiger partial charge in [0.15, 0.2) is 0 Å². The zero-order valence-corrected chi connectivity index (χ0v) is 15.5. The Labute approximate surface area is 154 Å². The number of nitrogens with zero attached hydrogens (tertiary/aromatic N) is 1. The van der Waals surface area contributed by atoms with E-state index < -0.39 is 0 Å². The van der Waals surface area contributed by atoms with Crippen LogP contribution in [0, 0.1) is 0 Å². The van der Waals surface area contributed by atoms with Crippen molar-refractivity contribution in [3.8, 4) is 9.88 Å². The summed E-state index contributed by atoms with van der Waals surface area (Å²) in [7, 11) is 0. The van der Waals surface area contributed by atoms with Crippen molar-refractivity contribution in [2.75, 3.05) is 0 Å². The highest BCUT2D eigenvalue weighted by Crippen LogP contribution is 2.28. The van der Waals surface area contributed by atoms with Crippen LogP contribution in [0.25, 0.3) is 9.88 Å². The fourth-order valence-electron chi connectivity index (χ4n) is 2.43. The summed E-state index contributed by atoms with van der Waals surface area (Å²) in [6.07, 6.45) is 1.12. The van der Waals surface area contributed by atoms with Crippen molar-refractivity contribution in [2.24, 2.45) is 0 Å². The number of thiophene rings is 1. The Morgan fingerprint density at radius 2 is 2.04 bits per heavy atom. The molecule has 0 aliphatic heterocycles. The highest BCUT2D eigenvalue weighted by Gasteiger charge is 2.15. The molecule has 0 saturated heterocycles. The number of amides is 1. The van der Waals surface area contributed by atoms with Gasteiger partial charge in [-0.1, -0.05) is 36.7 Å². The van der Waals surface area contributed by atoms with Crippen LogP contribution >= 0.6 is 34.3 Å². The zero-order chi connectivity index (χ0) is 16.9. The van der Waals surface area contributed by atoms with Crippen molar-refractivity contribution < 1.29 is 4.79 Å². The van der Waals surface area contributed by atoms with E-state index in [4.69, 9.17) is 11.6 Å². The van der Waals surface area contributed by atoms with Gasteiger partial charge < -0.3 is 5.32 Å². The van der Waals surface area contributed by atoms with Gasteiger partial charge in [-0.05, 0) is 35.6 Å². The molecule has 2 aromatic heterocycles. The normalized spacial score (nSPS) is 12.1. The number of thiazole rings is 1. The third-order valence-electron chi connectivity index (χ3n) is 3.64. The molecule has 0 unspecified atom stereocenters. The molecule has 124 valence electrons. The largest absolute Gasteiger partial charge is 0.349 e. The number of rotatable bonds is 6. The van der Waals surface area contributed by atoms with Crippen LogP contribution < -0.4 is 5.32 Å². The Morgan fingerprint density at radius 1 is 1.25 bits per heavy atom. The first-order valence-corrected chi connectivity index (χ1v) is 9.82. The van der Waals surface area contributed by atoms with Crippen LogP contribution in [0.5, 0.6) is 0 Å². The Kier molecular flexibility index (Phi) is 5.66. The number of aromatic nitrogens is 1. The van der Waals surface area contributed by atoms with Gasteiger partial charge in [-0.2, -0.15) is 0 Å². The molecule has 6 heteroatoms. The first kappa shape index (κ1) is 17.1. The van der Waals surface area contributed by atoms with E-state index in [1.54, 1.807) is 22.7 Å². The lowest BCUT2D eigenvalue weighted by Gasteiger charge is -2.17. The maximum Gasteiger partial charge on any atom is 0.226 e. The van der Waals surface area contributed by atoms with Gasteiger partial charge >= 0.3 is 0 Å². The molecule has 1 aromatic carbocycles. The van der Waals surface area contributed by atoms with Gasteiger partial charge in [0.25, 0.3) is 0 Å². The second-order valence-electron chi connectivity index (χ2n) is 5.38. The summed E-state index contributed by atoms with van der Waals surface area (Å²) in [5, 5.41) is 8.73. The Bertz CT molecular complexity index is 797. The van der Waals surface area contributed by atoms with Crippen molar-refractivity contribution in [1.29, 1.82) is 0 Å². The molecule has 0 bridgehead atoms. The van der Waals surface area contributed by atoms with Gasteiger partial charge in [0, 0.05) is 10.4 Å². The Hall–Kier alpha value is -1.69. The minimum Gasteiger partial charge on any atom is -0.349 e. The number of carbonyl (C=O) groups excluding carboxylic acids is 1. The highest BCUT2D eigenvalue weighted by molar-refractivity contribution is 7.20. The minimum absolute atomic E-state index is 0.00910. The van der Waals surface area contributed by atoms with Gasteiger partial charge in [0.05, 0.1) is 23.0 Å². The molecule has 0 fully saturated rings. The second-order valence-corrected chi connectivity index (χ2v) is 7.62. The standard InChI is InChI=1S/C18H17ClN2OS2/c1-2-15(12-5-7-13(19)8-6-12)21-17(22)10-14-11-24-18(20-14)16-4-3-9-23-16/h3-9,11,15H,2,10H2,1H3,(H,21,22)/t15-/m1/s1. The summed E-state index contributed by atoms with van der Waals surface area (Å²) in [5.74, 6) is -0.0140. The summed E-state index contributed by atoms with van der Waals surface area (Å²) >= 11 is 9.16. The summed E-state index contributed by atoms with van der Waals surface area (Å²) in [4.78, 5) is 18.0. The van der Waals surface area contributed by atoms with Crippen molar-refractivity contribution in [3.05, 3.63) is 63.4 Å². The van der Waals surface area contributed by atoms with E-state index in [0.717, 1.165) is 27.6 Å². The van der Waals surface area contributed by atoms with Crippen LogP contribution in [0.4, 0.5) is 0 Å². The van der Waals surface area contributed by atoms with Gasteiger partial charge in [0.2, 0.25) is 5.91 Å². The van der Waals surface area contributed by atoms with Crippen LogP contribution in [-0.2, 0) is 11.2 Å². The van der Waals surface area contributed by atoms with Gasteiger partial charge in [-0.25, -0.2) is 4.98 Å². The number of hydrogen-bond donors (Lipinski definition) is 1. The molecule has 1 N–H and O–H groups in total. The van der Waals surface area contributed by atoms with Crippen LogP contribution in [0.1, 0.15) is 30.6 Å². The first-order chi connectivity index (χ1) is 11.7. The molecule has 1 amide bonds. The van der Waals surface area contributed by atoms with E-state index in [-0.39, 0.29) is 11.9 Å². The highest BCUT2D eigenvalue weighted by atomic mass is 35.5. The summed E-state index contributed by atoms with van der Waals surface area (Å²) < 4.78 is 0. The number of halogens is 1. The number of nitrogens with one attached hydrogen (secondary N) is 1. The molecule has 0 aliphatic carbocycles. The number of benzene rings is 1. The topological polar surface area (TPSA) is 42.0 Å². The fraction of sp³-hybridized carbons (Fsp3) is 0.222. The SMILES string of the molecule is CC[C@@H](NC(=O)Cc1csc(-c2cccs2)n1)c1ccc(Cl)cc1. The van der Waals surface area contributed by atoms with Crippen molar-refractivity contribution in [3.63, 3.8) is 0 Å². The molecule has 24 heavy (non-hydrogen) atoms. The van der Waals surface area contributed by atoms with E-state index in [1.165, 1.54) is 0 Å². The van der Waals surface area contributed by atoms with Gasteiger partial charge in [-0.15, -0.1) is 22.7 Å². The van der Waals surface area contributed by atoms with E-state index in [9.17, 15) is 4.79 Å². The number of hydrogen-bond acceptors (Lipinski definition) is 4. The molecular formula is C18H17ClN2OS2. The maximum atomic E-state index is 12.3. The molecule has 0 aliphatic rings. The third-order valence-corrected chi connectivity index (χ3v) is 5.82. The molecule has 1 atom stereocenters. The predicted molar refractivity (Wildman–Crippen MR) is 102 cm³/mol. The monoisotopic (exact) mass is 376 g/mol. The Balaban J connectivity index is 1.63. The van der Waals surface area contributed by atoms with Crippen LogP contribution in [0.3, 0.4) is 0 Å². The zero-order valence-electron chi connectivity index (χ0n) is 13.2. The minimum atomic E-state index is -0.0140.